The van der Waals surface area contributed by atoms with Crippen molar-refractivity contribution in [2.75, 3.05) is 34.5 Å². The number of halogens is 1. The van der Waals surface area contributed by atoms with Crippen LogP contribution in [0.4, 0.5) is 0 Å². The highest BCUT2D eigenvalue weighted by atomic mass is 35.5. The normalized spacial score (nSPS) is 14.9. The first-order valence-electron chi connectivity index (χ1n) is 12.2. The number of carbonyl (C=O) groups excluding carboxylic acids is 1. The van der Waals surface area contributed by atoms with Crippen molar-refractivity contribution in [2.45, 2.75) is 26.8 Å². The van der Waals surface area contributed by atoms with Crippen molar-refractivity contribution in [1.82, 2.24) is 4.57 Å². The second-order valence-electron chi connectivity index (χ2n) is 8.34. The Hall–Kier alpha value is -3.76. The summed E-state index contributed by atoms with van der Waals surface area (Å²) in [5.41, 5.74) is 1.48. The Labute approximate surface area is 234 Å². The van der Waals surface area contributed by atoms with Crippen LogP contribution in [0, 0.1) is 0 Å². The lowest BCUT2D eigenvalue weighted by Gasteiger charge is -2.26. The van der Waals surface area contributed by atoms with E-state index in [-0.39, 0.29) is 17.7 Å². The number of nitrogens with zero attached hydrogens (tertiary/aromatic N) is 2. The van der Waals surface area contributed by atoms with Gasteiger partial charge >= 0.3 is 5.97 Å². The van der Waals surface area contributed by atoms with Crippen LogP contribution in [0.5, 0.6) is 23.0 Å². The topological polar surface area (TPSA) is 97.6 Å². The first-order valence-corrected chi connectivity index (χ1v) is 13.4. The maximum absolute atomic E-state index is 14.0. The van der Waals surface area contributed by atoms with Gasteiger partial charge in [-0.05, 0) is 44.5 Å². The lowest BCUT2D eigenvalue weighted by molar-refractivity contribution is -0.139. The molecule has 39 heavy (non-hydrogen) atoms. The number of carbonyl (C=O) groups is 1. The Morgan fingerprint density at radius 1 is 1.08 bits per heavy atom. The van der Waals surface area contributed by atoms with Gasteiger partial charge in [0, 0.05) is 11.6 Å². The molecule has 1 aromatic heterocycles. The van der Waals surface area contributed by atoms with Crippen LogP contribution in [0.1, 0.15) is 37.9 Å². The van der Waals surface area contributed by atoms with Crippen molar-refractivity contribution in [3.05, 3.63) is 77.4 Å². The summed E-state index contributed by atoms with van der Waals surface area (Å²) in [6, 6.07) is 7.81. The molecule has 0 amide bonds. The fourth-order valence-electron chi connectivity index (χ4n) is 4.42. The van der Waals surface area contributed by atoms with E-state index in [4.69, 9.17) is 35.3 Å². The molecule has 4 rings (SSSR count). The lowest BCUT2D eigenvalue weighted by Crippen LogP contribution is -2.40. The van der Waals surface area contributed by atoms with Gasteiger partial charge in [-0.3, -0.25) is 9.36 Å². The maximum atomic E-state index is 14.0. The molecule has 0 radical (unpaired) electrons. The number of hydrogen-bond acceptors (Lipinski definition) is 9. The summed E-state index contributed by atoms with van der Waals surface area (Å²) in [5.74, 6) is 1.29. The Balaban J connectivity index is 2.02. The van der Waals surface area contributed by atoms with E-state index >= 15 is 0 Å². The van der Waals surface area contributed by atoms with Gasteiger partial charge < -0.3 is 23.7 Å². The average molecular weight is 573 g/mol. The quantitative estimate of drug-likeness (QED) is 0.359. The van der Waals surface area contributed by atoms with Gasteiger partial charge in [-0.25, -0.2) is 9.79 Å². The molecule has 206 valence electrons. The number of ether oxygens (including phenoxy) is 5. The molecule has 1 aliphatic rings. The van der Waals surface area contributed by atoms with Crippen molar-refractivity contribution < 1.29 is 28.5 Å². The molecule has 9 nitrogen and oxygen atoms in total. The monoisotopic (exact) mass is 572 g/mol. The fourth-order valence-corrected chi connectivity index (χ4v) is 5.66. The Morgan fingerprint density at radius 3 is 2.41 bits per heavy atom. The summed E-state index contributed by atoms with van der Waals surface area (Å²) < 4.78 is 29.5. The van der Waals surface area contributed by atoms with Crippen molar-refractivity contribution in [3.63, 3.8) is 0 Å². The Morgan fingerprint density at radius 2 is 1.77 bits per heavy atom. The van der Waals surface area contributed by atoms with Crippen molar-refractivity contribution in [3.8, 4) is 23.0 Å². The molecule has 0 aliphatic carbocycles. The highest BCUT2D eigenvalue weighted by Gasteiger charge is 2.36. The molecule has 1 atom stereocenters. The highest BCUT2D eigenvalue weighted by Crippen LogP contribution is 2.41. The number of hydrogen-bond donors (Lipinski definition) is 0. The number of methoxy groups -OCH3 is 3. The van der Waals surface area contributed by atoms with Gasteiger partial charge in [0.1, 0.15) is 6.04 Å². The van der Waals surface area contributed by atoms with Gasteiger partial charge in [-0.1, -0.05) is 35.1 Å². The van der Waals surface area contributed by atoms with Crippen LogP contribution in [0.2, 0.25) is 5.02 Å². The van der Waals surface area contributed by atoms with E-state index in [0.717, 1.165) is 0 Å². The van der Waals surface area contributed by atoms with Crippen LogP contribution in [-0.2, 0) is 9.53 Å². The number of benzene rings is 2. The molecule has 2 heterocycles. The van der Waals surface area contributed by atoms with Gasteiger partial charge in [0.2, 0.25) is 0 Å². The van der Waals surface area contributed by atoms with Gasteiger partial charge in [0.15, 0.2) is 27.8 Å². The third-order valence-corrected chi connectivity index (χ3v) is 7.43. The number of esters is 1. The second-order valence-corrected chi connectivity index (χ2v) is 9.76. The van der Waals surface area contributed by atoms with Crippen LogP contribution in [0.15, 0.2) is 51.4 Å². The average Bonchev–Trinajstić information content (AvgIpc) is 3.23. The lowest BCUT2D eigenvalue weighted by atomic mass is 9.94. The molecule has 2 aromatic carbocycles. The van der Waals surface area contributed by atoms with E-state index < -0.39 is 12.0 Å². The first-order chi connectivity index (χ1) is 18.8. The highest BCUT2D eigenvalue weighted by molar-refractivity contribution is 7.07. The molecule has 0 spiro atoms. The van der Waals surface area contributed by atoms with Crippen molar-refractivity contribution >= 4 is 35.0 Å². The molecule has 0 fully saturated rings. The predicted molar refractivity (Wildman–Crippen MR) is 149 cm³/mol. The molecule has 0 unspecified atom stereocenters. The van der Waals surface area contributed by atoms with E-state index in [1.54, 1.807) is 50.3 Å². The van der Waals surface area contributed by atoms with E-state index in [9.17, 15) is 9.59 Å². The number of aromatic nitrogens is 1. The molecular formula is C28H29ClN2O7S. The molecule has 11 heteroatoms. The molecule has 3 aromatic rings. The number of fused-ring (bicyclic) bond motifs is 1. The van der Waals surface area contributed by atoms with E-state index in [0.29, 0.717) is 60.8 Å². The van der Waals surface area contributed by atoms with Crippen LogP contribution < -0.4 is 33.8 Å². The number of thiazole rings is 1. The van der Waals surface area contributed by atoms with E-state index in [2.05, 4.69) is 4.99 Å². The zero-order chi connectivity index (χ0) is 28.3. The molecule has 0 saturated carbocycles. The zero-order valence-electron chi connectivity index (χ0n) is 22.5. The maximum Gasteiger partial charge on any atom is 0.338 e. The largest absolute Gasteiger partial charge is 0.493 e. The summed E-state index contributed by atoms with van der Waals surface area (Å²) in [7, 11) is 4.57. The van der Waals surface area contributed by atoms with Crippen molar-refractivity contribution in [2.24, 2.45) is 4.99 Å². The first kappa shape index (κ1) is 28.3. The fraction of sp³-hybridized carbons (Fsp3) is 0.321. The summed E-state index contributed by atoms with van der Waals surface area (Å²) in [6.45, 7) is 5.82. The van der Waals surface area contributed by atoms with Gasteiger partial charge in [-0.2, -0.15) is 0 Å². The summed E-state index contributed by atoms with van der Waals surface area (Å²) in [6.07, 6.45) is 1.67. The molecule has 0 saturated heterocycles. The van der Waals surface area contributed by atoms with E-state index in [1.165, 1.54) is 37.2 Å². The van der Waals surface area contributed by atoms with E-state index in [1.807, 2.05) is 6.92 Å². The molecular weight excluding hydrogens is 544 g/mol. The molecule has 0 N–H and O–H groups in total. The standard InChI is InChI=1S/C28H29ClN2O7S/c1-7-37-25-17(10-9-11-19(25)34-4)24-23(27(33)38-8-2)15(3)30-28-31(24)26(32)22(39-28)13-16-12-20(35-5)21(36-6)14-18(16)29/h9-14,24H,7-8H2,1-6H3/b22-13+/t24-/m0/s1. The van der Waals surface area contributed by atoms with Crippen LogP contribution in [0.3, 0.4) is 0 Å². The second kappa shape index (κ2) is 12.0. The zero-order valence-corrected chi connectivity index (χ0v) is 24.1. The molecule has 0 bridgehead atoms. The third-order valence-electron chi connectivity index (χ3n) is 6.12. The SMILES string of the molecule is CCOC(=O)C1=C(C)N=c2s/c(=C/c3cc(OC)c(OC)cc3Cl)c(=O)n2[C@H]1c1cccc(OC)c1OCC. The van der Waals surface area contributed by atoms with Crippen LogP contribution >= 0.6 is 22.9 Å². The van der Waals surface area contributed by atoms with Crippen LogP contribution in [0.25, 0.3) is 6.08 Å². The van der Waals surface area contributed by atoms with Gasteiger partial charge in [-0.15, -0.1) is 0 Å². The minimum atomic E-state index is -0.861. The van der Waals surface area contributed by atoms with Gasteiger partial charge in [0.25, 0.3) is 5.56 Å². The summed E-state index contributed by atoms with van der Waals surface area (Å²) in [4.78, 5) is 32.3. The summed E-state index contributed by atoms with van der Waals surface area (Å²) >= 11 is 7.69. The summed E-state index contributed by atoms with van der Waals surface area (Å²) in [5, 5.41) is 0.379. The molecule has 1 aliphatic heterocycles. The third kappa shape index (κ3) is 5.26. The number of para-hydroxylation sites is 1. The smallest absolute Gasteiger partial charge is 0.338 e. The minimum absolute atomic E-state index is 0.168. The van der Waals surface area contributed by atoms with Crippen molar-refractivity contribution in [1.29, 1.82) is 0 Å². The number of rotatable bonds is 9. The Bertz CT molecular complexity index is 1620. The minimum Gasteiger partial charge on any atom is -0.493 e. The Kier molecular flexibility index (Phi) is 8.66. The van der Waals surface area contributed by atoms with Crippen LogP contribution in [-0.4, -0.2) is 45.1 Å². The predicted octanol–water partition coefficient (Wildman–Crippen LogP) is 3.88. The van der Waals surface area contributed by atoms with Gasteiger partial charge in [0.05, 0.1) is 55.4 Å². The number of allylic oxidation sites excluding steroid dienone is 1.